The minimum absolute atomic E-state index is 0.333. The second kappa shape index (κ2) is 13.1. The minimum atomic E-state index is -0.602. The Morgan fingerprint density at radius 2 is 1.74 bits per heavy atom. The lowest BCUT2D eigenvalue weighted by Gasteiger charge is -2.15. The molecule has 4 nitrogen and oxygen atoms in total. The summed E-state index contributed by atoms with van der Waals surface area (Å²) in [4.78, 5) is 12.0. The van der Waals surface area contributed by atoms with Crippen LogP contribution in [-0.4, -0.2) is 31.9 Å². The van der Waals surface area contributed by atoms with Crippen LogP contribution in [0.15, 0.2) is 54.1 Å². The molecule has 0 aromatic heterocycles. The molecule has 31 heavy (non-hydrogen) atoms. The molecule has 0 aliphatic rings. The van der Waals surface area contributed by atoms with Crippen LogP contribution >= 0.6 is 23.2 Å². The fourth-order valence-electron chi connectivity index (χ4n) is 2.69. The Labute approximate surface area is 194 Å². The monoisotopic (exact) mass is 460 g/mol. The summed E-state index contributed by atoms with van der Waals surface area (Å²) in [6.07, 6.45) is 1.75. The van der Waals surface area contributed by atoms with Gasteiger partial charge in [0, 0.05) is 28.6 Å². The van der Waals surface area contributed by atoms with E-state index in [4.69, 9.17) is 37.4 Å². The number of hydrogen-bond acceptors (Lipinski definition) is 4. The van der Waals surface area contributed by atoms with Crippen LogP contribution in [-0.2, 0) is 20.7 Å². The molecule has 0 aliphatic heterocycles. The zero-order valence-corrected chi connectivity index (χ0v) is 19.4. The van der Waals surface area contributed by atoms with Crippen molar-refractivity contribution in [3.05, 3.63) is 75.3 Å². The van der Waals surface area contributed by atoms with Crippen LogP contribution in [0, 0.1) is 11.8 Å². The molecule has 2 aromatic carbocycles. The van der Waals surface area contributed by atoms with E-state index in [0.29, 0.717) is 36.3 Å². The van der Waals surface area contributed by atoms with Gasteiger partial charge in [0.25, 0.3) is 0 Å². The van der Waals surface area contributed by atoms with Crippen LogP contribution in [0.25, 0.3) is 0 Å². The predicted octanol–water partition coefficient (Wildman–Crippen LogP) is 5.88. The predicted molar refractivity (Wildman–Crippen MR) is 125 cm³/mol. The van der Waals surface area contributed by atoms with E-state index in [1.54, 1.807) is 25.1 Å². The number of esters is 1. The minimum Gasteiger partial charge on any atom is -0.490 e. The van der Waals surface area contributed by atoms with E-state index in [1.807, 2.05) is 44.2 Å². The standard InChI is InChI=1S/C25H26Cl2O4/c1-4-29-24(25(28)30-5-2)16-19-8-10-23(11-9-19)31-13-12-18(3)6-7-20-14-21(26)17-22(27)15-20/h8-12,14-15,17,24H,4-5,13,16H2,1-3H3/b18-12-/t24-/m0/s1. The molecule has 0 saturated heterocycles. The number of benzene rings is 2. The first kappa shape index (κ1) is 24.8. The van der Waals surface area contributed by atoms with E-state index in [9.17, 15) is 4.79 Å². The van der Waals surface area contributed by atoms with Gasteiger partial charge in [-0.2, -0.15) is 0 Å². The van der Waals surface area contributed by atoms with E-state index in [1.165, 1.54) is 0 Å². The number of ether oxygens (including phenoxy) is 3. The highest BCUT2D eigenvalue weighted by Crippen LogP contribution is 2.18. The van der Waals surface area contributed by atoms with Gasteiger partial charge in [-0.05, 0) is 68.3 Å². The fourth-order valence-corrected chi connectivity index (χ4v) is 3.22. The first-order chi connectivity index (χ1) is 14.9. The molecule has 0 bridgehead atoms. The largest absolute Gasteiger partial charge is 0.490 e. The Morgan fingerprint density at radius 3 is 2.35 bits per heavy atom. The van der Waals surface area contributed by atoms with Crippen molar-refractivity contribution < 1.29 is 19.0 Å². The zero-order chi connectivity index (χ0) is 22.6. The highest BCUT2D eigenvalue weighted by Gasteiger charge is 2.20. The highest BCUT2D eigenvalue weighted by atomic mass is 35.5. The van der Waals surface area contributed by atoms with E-state index >= 15 is 0 Å². The maximum atomic E-state index is 12.0. The third-order valence-corrected chi connectivity index (χ3v) is 4.60. The molecule has 0 aliphatic carbocycles. The van der Waals surface area contributed by atoms with Gasteiger partial charge in [0.1, 0.15) is 12.4 Å². The number of hydrogen-bond donors (Lipinski definition) is 0. The molecule has 2 aromatic rings. The maximum Gasteiger partial charge on any atom is 0.335 e. The molecule has 164 valence electrons. The summed E-state index contributed by atoms with van der Waals surface area (Å²) in [5.41, 5.74) is 2.60. The third kappa shape index (κ3) is 9.06. The topological polar surface area (TPSA) is 44.8 Å². The Morgan fingerprint density at radius 1 is 1.06 bits per heavy atom. The first-order valence-electron chi connectivity index (χ1n) is 10.1. The molecule has 0 unspecified atom stereocenters. The fraction of sp³-hybridized carbons (Fsp3) is 0.320. The number of carbonyl (C=O) groups is 1. The van der Waals surface area contributed by atoms with Gasteiger partial charge in [0.15, 0.2) is 6.10 Å². The summed E-state index contributed by atoms with van der Waals surface area (Å²) in [7, 11) is 0. The zero-order valence-electron chi connectivity index (χ0n) is 17.9. The van der Waals surface area contributed by atoms with Crippen molar-refractivity contribution >= 4 is 29.2 Å². The molecule has 2 rings (SSSR count). The Bertz CT molecular complexity index is 935. The second-order valence-corrected chi connectivity index (χ2v) is 7.52. The van der Waals surface area contributed by atoms with Gasteiger partial charge in [-0.3, -0.25) is 0 Å². The van der Waals surface area contributed by atoms with E-state index < -0.39 is 6.10 Å². The van der Waals surface area contributed by atoms with Crippen molar-refractivity contribution in [2.24, 2.45) is 0 Å². The van der Waals surface area contributed by atoms with Crippen molar-refractivity contribution in [1.82, 2.24) is 0 Å². The molecule has 0 N–H and O–H groups in total. The van der Waals surface area contributed by atoms with Gasteiger partial charge in [0.05, 0.1) is 6.61 Å². The molecule has 0 heterocycles. The smallest absolute Gasteiger partial charge is 0.335 e. The molecular formula is C25H26Cl2O4. The van der Waals surface area contributed by atoms with Gasteiger partial charge in [-0.15, -0.1) is 0 Å². The Kier molecular flexibility index (Phi) is 10.5. The van der Waals surface area contributed by atoms with Crippen molar-refractivity contribution in [1.29, 1.82) is 0 Å². The van der Waals surface area contributed by atoms with Gasteiger partial charge in [-0.1, -0.05) is 47.2 Å². The maximum absolute atomic E-state index is 12.0. The SMILES string of the molecule is CCOC(=O)[C@H](Cc1ccc(OC/C=C(/C)C#Cc2cc(Cl)cc(Cl)c2)cc1)OCC. The number of allylic oxidation sites excluding steroid dienone is 1. The van der Waals surface area contributed by atoms with Gasteiger partial charge in [0.2, 0.25) is 0 Å². The summed E-state index contributed by atoms with van der Waals surface area (Å²) < 4.78 is 16.3. The normalized spacial score (nSPS) is 12.0. The van der Waals surface area contributed by atoms with E-state index in [2.05, 4.69) is 11.8 Å². The molecule has 0 spiro atoms. The summed E-state index contributed by atoms with van der Waals surface area (Å²) in [6.45, 7) is 6.72. The lowest BCUT2D eigenvalue weighted by atomic mass is 10.1. The summed E-state index contributed by atoms with van der Waals surface area (Å²) in [5.74, 6) is 6.48. The molecule has 1 atom stereocenters. The Hall–Kier alpha value is -2.45. The van der Waals surface area contributed by atoms with Crippen molar-refractivity contribution in [2.45, 2.75) is 33.3 Å². The van der Waals surface area contributed by atoms with Crippen LogP contribution in [0.5, 0.6) is 5.75 Å². The number of carbonyl (C=O) groups excluding carboxylic acids is 1. The van der Waals surface area contributed by atoms with E-state index in [-0.39, 0.29) is 5.97 Å². The summed E-state index contributed by atoms with van der Waals surface area (Å²) >= 11 is 12.0. The number of rotatable bonds is 9. The molecule has 6 heteroatoms. The lowest BCUT2D eigenvalue weighted by molar-refractivity contribution is -0.156. The second-order valence-electron chi connectivity index (χ2n) is 6.65. The average molecular weight is 461 g/mol. The quantitative estimate of drug-likeness (QED) is 0.346. The number of halogens is 2. The van der Waals surface area contributed by atoms with Crippen LogP contribution in [0.1, 0.15) is 31.9 Å². The molecule has 0 radical (unpaired) electrons. The summed E-state index contributed by atoms with van der Waals surface area (Å²) in [6, 6.07) is 12.8. The van der Waals surface area contributed by atoms with Crippen LogP contribution in [0.3, 0.4) is 0 Å². The average Bonchev–Trinajstić information content (AvgIpc) is 2.72. The van der Waals surface area contributed by atoms with Gasteiger partial charge < -0.3 is 14.2 Å². The highest BCUT2D eigenvalue weighted by molar-refractivity contribution is 6.34. The van der Waals surface area contributed by atoms with Crippen LogP contribution in [0.2, 0.25) is 10.0 Å². The third-order valence-electron chi connectivity index (χ3n) is 4.17. The molecular weight excluding hydrogens is 435 g/mol. The lowest BCUT2D eigenvalue weighted by Crippen LogP contribution is -2.28. The Balaban J connectivity index is 1.90. The molecule has 0 fully saturated rings. The van der Waals surface area contributed by atoms with Crippen LogP contribution in [0.4, 0.5) is 0 Å². The summed E-state index contributed by atoms with van der Waals surface area (Å²) in [5, 5.41) is 1.11. The van der Waals surface area contributed by atoms with Crippen molar-refractivity contribution in [2.75, 3.05) is 19.8 Å². The van der Waals surface area contributed by atoms with Crippen LogP contribution < -0.4 is 4.74 Å². The van der Waals surface area contributed by atoms with Gasteiger partial charge >= 0.3 is 5.97 Å². The first-order valence-corrected chi connectivity index (χ1v) is 10.8. The van der Waals surface area contributed by atoms with Gasteiger partial charge in [-0.25, -0.2) is 4.79 Å². The molecule has 0 saturated carbocycles. The van der Waals surface area contributed by atoms with E-state index in [0.717, 1.165) is 22.4 Å². The molecule has 0 amide bonds. The van der Waals surface area contributed by atoms with Crippen molar-refractivity contribution in [3.8, 4) is 17.6 Å². The van der Waals surface area contributed by atoms with Crippen molar-refractivity contribution in [3.63, 3.8) is 0 Å².